The van der Waals surface area contributed by atoms with Crippen LogP contribution in [-0.2, 0) is 21.1 Å². The lowest BCUT2D eigenvalue weighted by Gasteiger charge is -2.39. The van der Waals surface area contributed by atoms with E-state index >= 15 is 0 Å². The summed E-state index contributed by atoms with van der Waals surface area (Å²) < 4.78 is 50.1. The number of carbonyl (C=O) groups excluding carboxylic acids is 2. The Balaban J connectivity index is 1.28. The van der Waals surface area contributed by atoms with Crippen molar-refractivity contribution in [1.29, 1.82) is 0 Å². The number of fused-ring (bicyclic) bond motifs is 2. The van der Waals surface area contributed by atoms with E-state index in [9.17, 15) is 22.8 Å². The molecule has 2 aromatic rings. The Morgan fingerprint density at radius 2 is 1.79 bits per heavy atom. The van der Waals surface area contributed by atoms with Crippen molar-refractivity contribution in [3.05, 3.63) is 65.2 Å². The molecule has 2 fully saturated rings. The molecule has 1 saturated heterocycles. The summed E-state index contributed by atoms with van der Waals surface area (Å²) >= 11 is 0. The van der Waals surface area contributed by atoms with Crippen LogP contribution in [0, 0.1) is 11.8 Å². The molecule has 1 spiro atoms. The van der Waals surface area contributed by atoms with Crippen molar-refractivity contribution >= 4 is 12.0 Å². The summed E-state index contributed by atoms with van der Waals surface area (Å²) in [4.78, 5) is 27.0. The fraction of sp³-hybridized carbons (Fsp3) is 0.462. The summed E-state index contributed by atoms with van der Waals surface area (Å²) in [6.07, 6.45) is -2.11. The predicted molar refractivity (Wildman–Crippen MR) is 117 cm³/mol. The number of hydrogen-bond acceptors (Lipinski definition) is 4. The minimum atomic E-state index is -4.41. The maximum Gasteiger partial charge on any atom is 0.417 e. The van der Waals surface area contributed by atoms with E-state index in [4.69, 9.17) is 9.47 Å². The van der Waals surface area contributed by atoms with Crippen molar-refractivity contribution in [1.82, 2.24) is 4.90 Å². The number of nitrogens with zero attached hydrogens (tertiary/aromatic N) is 1. The van der Waals surface area contributed by atoms with Crippen LogP contribution in [0.5, 0.6) is 5.75 Å². The first-order valence-electron chi connectivity index (χ1n) is 11.6. The molecule has 1 saturated carbocycles. The first-order valence-corrected chi connectivity index (χ1v) is 11.6. The SMILES string of the molecule is C[C@H](C(=O)N1C(=O)OC[C@@H]1c1ccccc1)C1CCC2(CC1)COc1cc(C(F)(F)F)ccc12. The van der Waals surface area contributed by atoms with Gasteiger partial charge in [-0.2, -0.15) is 13.2 Å². The zero-order valence-corrected chi connectivity index (χ0v) is 18.8. The fourth-order valence-electron chi connectivity index (χ4n) is 5.66. The van der Waals surface area contributed by atoms with E-state index in [1.165, 1.54) is 4.90 Å². The number of carbonyl (C=O) groups is 2. The van der Waals surface area contributed by atoms with E-state index in [1.807, 2.05) is 37.3 Å². The van der Waals surface area contributed by atoms with E-state index in [-0.39, 0.29) is 29.8 Å². The Kier molecular flexibility index (Phi) is 5.57. The molecule has 0 bridgehead atoms. The molecule has 2 aromatic carbocycles. The Morgan fingerprint density at radius 1 is 1.09 bits per heavy atom. The molecule has 2 amide bonds. The second kappa shape index (κ2) is 8.32. The van der Waals surface area contributed by atoms with Crippen LogP contribution in [0.2, 0.25) is 0 Å². The van der Waals surface area contributed by atoms with Crippen LogP contribution in [0.15, 0.2) is 48.5 Å². The smallest absolute Gasteiger partial charge is 0.417 e. The highest BCUT2D eigenvalue weighted by Gasteiger charge is 2.48. The molecular weight excluding hydrogens is 447 g/mol. The van der Waals surface area contributed by atoms with Gasteiger partial charge < -0.3 is 9.47 Å². The van der Waals surface area contributed by atoms with Crippen molar-refractivity contribution in [2.24, 2.45) is 11.8 Å². The highest BCUT2D eigenvalue weighted by molar-refractivity contribution is 5.95. The van der Waals surface area contributed by atoms with Gasteiger partial charge in [-0.05, 0) is 49.3 Å². The van der Waals surface area contributed by atoms with Crippen molar-refractivity contribution in [2.45, 2.75) is 50.2 Å². The molecule has 0 aromatic heterocycles. The average Bonchev–Trinajstić information content (AvgIpc) is 3.39. The lowest BCUT2D eigenvalue weighted by molar-refractivity contribution is -0.137. The van der Waals surface area contributed by atoms with E-state index in [0.29, 0.717) is 12.4 Å². The van der Waals surface area contributed by atoms with Gasteiger partial charge in [0, 0.05) is 16.9 Å². The summed E-state index contributed by atoms with van der Waals surface area (Å²) in [6, 6.07) is 12.7. The third-order valence-electron chi connectivity index (χ3n) is 7.76. The molecule has 0 unspecified atom stereocenters. The van der Waals surface area contributed by atoms with Gasteiger partial charge in [0.1, 0.15) is 18.4 Å². The first-order chi connectivity index (χ1) is 16.2. The lowest BCUT2D eigenvalue weighted by Crippen LogP contribution is -2.42. The molecule has 1 aliphatic carbocycles. The first kappa shape index (κ1) is 22.7. The van der Waals surface area contributed by atoms with Crippen LogP contribution >= 0.6 is 0 Å². The standard InChI is InChI=1S/C26H26F3NO4/c1-16(23(31)30-21(14-33-24(30)32)18-5-3-2-4-6-18)17-9-11-25(12-10-17)15-34-22-13-19(26(27,28)29)7-8-20(22)25/h2-8,13,16-17,21H,9-12,14-15H2,1H3/t16-,17?,21+,25?/m0/s1. The van der Waals surface area contributed by atoms with Crippen molar-refractivity contribution in [3.8, 4) is 5.75 Å². The number of ether oxygens (including phenoxy) is 2. The second-order valence-corrected chi connectivity index (χ2v) is 9.62. The van der Waals surface area contributed by atoms with Gasteiger partial charge in [0.15, 0.2) is 0 Å². The quantitative estimate of drug-likeness (QED) is 0.559. The topological polar surface area (TPSA) is 55.8 Å². The summed E-state index contributed by atoms with van der Waals surface area (Å²) in [5.74, 6) is -0.233. The third-order valence-corrected chi connectivity index (χ3v) is 7.76. The number of hydrogen-bond donors (Lipinski definition) is 0. The molecular formula is C26H26F3NO4. The van der Waals surface area contributed by atoms with Crippen LogP contribution in [0.4, 0.5) is 18.0 Å². The van der Waals surface area contributed by atoms with E-state index in [0.717, 1.165) is 48.9 Å². The monoisotopic (exact) mass is 473 g/mol. The number of rotatable bonds is 3. The third kappa shape index (κ3) is 3.83. The normalized spacial score (nSPS) is 27.3. The maximum absolute atomic E-state index is 13.4. The van der Waals surface area contributed by atoms with E-state index < -0.39 is 23.9 Å². The number of imide groups is 1. The number of alkyl halides is 3. The number of halogens is 3. The van der Waals surface area contributed by atoms with Gasteiger partial charge in [-0.3, -0.25) is 4.79 Å². The Labute approximate surface area is 195 Å². The number of benzene rings is 2. The average molecular weight is 473 g/mol. The molecule has 5 rings (SSSR count). The van der Waals surface area contributed by atoms with Crippen molar-refractivity contribution in [2.75, 3.05) is 13.2 Å². The summed E-state index contributed by atoms with van der Waals surface area (Å²) in [7, 11) is 0. The highest BCUT2D eigenvalue weighted by atomic mass is 19.4. The van der Waals surface area contributed by atoms with Gasteiger partial charge in [0.25, 0.3) is 0 Å². The maximum atomic E-state index is 13.4. The molecule has 3 aliphatic rings. The predicted octanol–water partition coefficient (Wildman–Crippen LogP) is 5.88. The van der Waals surface area contributed by atoms with Gasteiger partial charge in [-0.25, -0.2) is 9.69 Å². The highest BCUT2D eigenvalue weighted by Crippen LogP contribution is 2.51. The largest absolute Gasteiger partial charge is 0.492 e. The molecule has 0 N–H and O–H groups in total. The summed E-state index contributed by atoms with van der Waals surface area (Å²) in [5, 5.41) is 0. The molecule has 8 heteroatoms. The molecule has 2 heterocycles. The fourth-order valence-corrected chi connectivity index (χ4v) is 5.66. The zero-order valence-electron chi connectivity index (χ0n) is 18.8. The van der Waals surface area contributed by atoms with E-state index in [2.05, 4.69) is 0 Å². The van der Waals surface area contributed by atoms with Crippen LogP contribution in [0.25, 0.3) is 0 Å². The summed E-state index contributed by atoms with van der Waals surface area (Å²) in [5.41, 5.74) is 0.652. The molecule has 34 heavy (non-hydrogen) atoms. The van der Waals surface area contributed by atoms with Crippen LogP contribution in [0.3, 0.4) is 0 Å². The van der Waals surface area contributed by atoms with Crippen molar-refractivity contribution < 1.29 is 32.2 Å². The van der Waals surface area contributed by atoms with Gasteiger partial charge in [0.2, 0.25) is 5.91 Å². The van der Waals surface area contributed by atoms with Gasteiger partial charge >= 0.3 is 12.3 Å². The molecule has 0 radical (unpaired) electrons. The minimum absolute atomic E-state index is 0.0708. The molecule has 2 aliphatic heterocycles. The Bertz CT molecular complexity index is 1090. The van der Waals surface area contributed by atoms with Gasteiger partial charge in [-0.1, -0.05) is 43.3 Å². The Morgan fingerprint density at radius 3 is 2.47 bits per heavy atom. The molecule has 180 valence electrons. The minimum Gasteiger partial charge on any atom is -0.492 e. The van der Waals surface area contributed by atoms with Crippen LogP contribution in [-0.4, -0.2) is 30.1 Å². The molecule has 5 nitrogen and oxygen atoms in total. The molecule has 2 atom stereocenters. The van der Waals surface area contributed by atoms with Gasteiger partial charge in [0.05, 0.1) is 12.2 Å². The summed E-state index contributed by atoms with van der Waals surface area (Å²) in [6.45, 7) is 2.35. The van der Waals surface area contributed by atoms with Crippen LogP contribution < -0.4 is 4.74 Å². The van der Waals surface area contributed by atoms with Gasteiger partial charge in [-0.15, -0.1) is 0 Å². The van der Waals surface area contributed by atoms with Crippen LogP contribution in [0.1, 0.15) is 55.3 Å². The van der Waals surface area contributed by atoms with Crippen molar-refractivity contribution in [3.63, 3.8) is 0 Å². The number of cyclic esters (lactones) is 1. The Hall–Kier alpha value is -3.03. The second-order valence-electron chi connectivity index (χ2n) is 9.62. The lowest BCUT2D eigenvalue weighted by atomic mass is 9.65. The number of amides is 2. The van der Waals surface area contributed by atoms with E-state index in [1.54, 1.807) is 6.07 Å². The zero-order chi connectivity index (χ0) is 24.1.